The summed E-state index contributed by atoms with van der Waals surface area (Å²) in [5.41, 5.74) is 5.91. The first kappa shape index (κ1) is 17.0. The predicted octanol–water partition coefficient (Wildman–Crippen LogP) is 2.71. The van der Waals surface area contributed by atoms with Crippen molar-refractivity contribution in [1.82, 2.24) is 0 Å². The lowest BCUT2D eigenvalue weighted by molar-refractivity contribution is -0.121. The molecule has 7 heteroatoms. The van der Waals surface area contributed by atoms with E-state index in [1.54, 1.807) is 0 Å². The summed E-state index contributed by atoms with van der Waals surface area (Å²) in [7, 11) is 1.25. The van der Waals surface area contributed by atoms with E-state index in [9.17, 15) is 13.6 Å². The first-order valence-electron chi connectivity index (χ1n) is 7.10. The number of fused-ring (bicyclic) bond motifs is 2. The summed E-state index contributed by atoms with van der Waals surface area (Å²) in [5, 5.41) is 2.47. The minimum Gasteiger partial charge on any atom is -0.494 e. The van der Waals surface area contributed by atoms with Crippen LogP contribution in [0.4, 0.5) is 14.5 Å². The Hall–Kier alpha value is -1.40. The van der Waals surface area contributed by atoms with Crippen molar-refractivity contribution in [3.8, 4) is 5.75 Å². The molecule has 3 rings (SSSR count). The molecule has 0 spiro atoms. The molecule has 2 saturated carbocycles. The van der Waals surface area contributed by atoms with Crippen molar-refractivity contribution in [1.29, 1.82) is 0 Å². The third kappa shape index (κ3) is 2.77. The molecule has 1 aromatic rings. The zero-order valence-electron chi connectivity index (χ0n) is 12.1. The quantitative estimate of drug-likeness (QED) is 0.894. The maximum absolute atomic E-state index is 13.9. The van der Waals surface area contributed by atoms with Gasteiger partial charge < -0.3 is 15.8 Å². The predicted molar refractivity (Wildman–Crippen MR) is 81.1 cm³/mol. The highest BCUT2D eigenvalue weighted by Gasteiger charge is 2.49. The number of hydrogen-bond donors (Lipinski definition) is 2. The second kappa shape index (κ2) is 6.38. The van der Waals surface area contributed by atoms with Crippen molar-refractivity contribution in [3.05, 3.63) is 23.8 Å². The monoisotopic (exact) mass is 332 g/mol. The van der Waals surface area contributed by atoms with Crippen LogP contribution in [0, 0.1) is 29.4 Å². The highest BCUT2D eigenvalue weighted by atomic mass is 35.5. The summed E-state index contributed by atoms with van der Waals surface area (Å²) in [4.78, 5) is 12.3. The number of anilines is 1. The number of ether oxygens (including phenoxy) is 1. The van der Waals surface area contributed by atoms with Crippen LogP contribution < -0.4 is 15.8 Å². The minimum atomic E-state index is -0.724. The van der Waals surface area contributed by atoms with Gasteiger partial charge in [0.05, 0.1) is 18.7 Å². The SMILES string of the molecule is COc1cc(F)c(NC(=O)C2C3CCC(C3)C2N)cc1F.Cl. The van der Waals surface area contributed by atoms with Crippen LogP contribution in [0.5, 0.6) is 5.75 Å². The largest absolute Gasteiger partial charge is 0.494 e. The van der Waals surface area contributed by atoms with E-state index in [0.29, 0.717) is 5.92 Å². The summed E-state index contributed by atoms with van der Waals surface area (Å²) in [6, 6.07) is 1.67. The Morgan fingerprint density at radius 1 is 1.27 bits per heavy atom. The zero-order chi connectivity index (χ0) is 15.1. The van der Waals surface area contributed by atoms with Gasteiger partial charge in [-0.05, 0) is 31.1 Å². The van der Waals surface area contributed by atoms with Gasteiger partial charge in [-0.1, -0.05) is 0 Å². The Balaban J connectivity index is 0.00000176. The molecule has 1 amide bonds. The van der Waals surface area contributed by atoms with E-state index < -0.39 is 11.6 Å². The van der Waals surface area contributed by atoms with Crippen molar-refractivity contribution in [2.24, 2.45) is 23.5 Å². The standard InChI is InChI=1S/C15H18F2N2O2.ClH/c1-21-12-6-9(16)11(5-10(12)17)19-15(20)13-7-2-3-8(4-7)14(13)18;/h5-8,13-14H,2-4,18H2,1H3,(H,19,20);1H. The maximum atomic E-state index is 13.9. The van der Waals surface area contributed by atoms with Gasteiger partial charge >= 0.3 is 0 Å². The number of halogens is 3. The number of benzene rings is 1. The van der Waals surface area contributed by atoms with E-state index in [-0.39, 0.29) is 47.6 Å². The van der Waals surface area contributed by atoms with Gasteiger partial charge in [-0.2, -0.15) is 0 Å². The molecule has 4 atom stereocenters. The lowest BCUT2D eigenvalue weighted by Gasteiger charge is -2.27. The van der Waals surface area contributed by atoms with Gasteiger partial charge in [-0.3, -0.25) is 4.79 Å². The number of amides is 1. The normalized spacial score (nSPS) is 29.1. The molecule has 2 fully saturated rings. The van der Waals surface area contributed by atoms with Crippen molar-refractivity contribution in [2.75, 3.05) is 12.4 Å². The van der Waals surface area contributed by atoms with Crippen LogP contribution in [0.1, 0.15) is 19.3 Å². The third-order valence-corrected chi connectivity index (χ3v) is 4.78. The van der Waals surface area contributed by atoms with E-state index in [4.69, 9.17) is 10.5 Å². The average Bonchev–Trinajstić information content (AvgIpc) is 3.03. The molecule has 0 aromatic heterocycles. The zero-order valence-corrected chi connectivity index (χ0v) is 13.0. The minimum absolute atomic E-state index is 0. The van der Waals surface area contributed by atoms with Crippen LogP contribution in [-0.4, -0.2) is 19.1 Å². The summed E-state index contributed by atoms with van der Waals surface area (Å²) in [5.74, 6) is -1.63. The number of nitrogens with two attached hydrogens (primary N) is 1. The fraction of sp³-hybridized carbons (Fsp3) is 0.533. The number of carbonyl (C=O) groups excluding carboxylic acids is 1. The molecule has 2 aliphatic rings. The van der Waals surface area contributed by atoms with Crippen LogP contribution in [0.15, 0.2) is 12.1 Å². The van der Waals surface area contributed by atoms with Crippen LogP contribution in [0.25, 0.3) is 0 Å². The third-order valence-electron chi connectivity index (χ3n) is 4.78. The first-order valence-corrected chi connectivity index (χ1v) is 7.10. The second-order valence-corrected chi connectivity index (χ2v) is 5.89. The molecule has 4 nitrogen and oxygen atoms in total. The van der Waals surface area contributed by atoms with E-state index in [1.807, 2.05) is 0 Å². The highest BCUT2D eigenvalue weighted by molar-refractivity contribution is 5.93. The number of methoxy groups -OCH3 is 1. The average molecular weight is 333 g/mol. The number of nitrogens with one attached hydrogen (secondary N) is 1. The number of rotatable bonds is 3. The first-order chi connectivity index (χ1) is 10.0. The van der Waals surface area contributed by atoms with Crippen LogP contribution >= 0.6 is 12.4 Å². The lowest BCUT2D eigenvalue weighted by Crippen LogP contribution is -2.42. The number of carbonyl (C=O) groups is 1. The Morgan fingerprint density at radius 2 is 1.95 bits per heavy atom. The fourth-order valence-electron chi connectivity index (χ4n) is 3.72. The maximum Gasteiger partial charge on any atom is 0.229 e. The van der Waals surface area contributed by atoms with Crippen LogP contribution in [0.3, 0.4) is 0 Å². The molecule has 0 heterocycles. The molecule has 4 unspecified atom stereocenters. The van der Waals surface area contributed by atoms with Gasteiger partial charge in [-0.25, -0.2) is 8.78 Å². The summed E-state index contributed by atoms with van der Waals surface area (Å²) < 4.78 is 32.2. The molecular weight excluding hydrogens is 314 g/mol. The van der Waals surface area contributed by atoms with E-state index in [2.05, 4.69) is 5.32 Å². The van der Waals surface area contributed by atoms with Crippen molar-refractivity contribution in [3.63, 3.8) is 0 Å². The molecule has 0 saturated heterocycles. The lowest BCUT2D eigenvalue weighted by atomic mass is 9.84. The van der Waals surface area contributed by atoms with E-state index in [0.717, 1.165) is 31.4 Å². The van der Waals surface area contributed by atoms with Gasteiger partial charge in [0.2, 0.25) is 5.91 Å². The fourth-order valence-corrected chi connectivity index (χ4v) is 3.72. The Morgan fingerprint density at radius 3 is 2.55 bits per heavy atom. The van der Waals surface area contributed by atoms with Crippen molar-refractivity contribution in [2.45, 2.75) is 25.3 Å². The Bertz CT molecular complexity index is 583. The molecule has 122 valence electrons. The number of hydrogen-bond acceptors (Lipinski definition) is 3. The molecule has 0 aliphatic heterocycles. The Labute approximate surface area is 133 Å². The van der Waals surface area contributed by atoms with Gasteiger partial charge in [0.25, 0.3) is 0 Å². The summed E-state index contributed by atoms with van der Waals surface area (Å²) in [6.45, 7) is 0. The van der Waals surface area contributed by atoms with Gasteiger partial charge in [-0.15, -0.1) is 12.4 Å². The highest BCUT2D eigenvalue weighted by Crippen LogP contribution is 2.48. The van der Waals surface area contributed by atoms with E-state index in [1.165, 1.54) is 7.11 Å². The summed E-state index contributed by atoms with van der Waals surface area (Å²) in [6.07, 6.45) is 3.00. The molecule has 2 aliphatic carbocycles. The van der Waals surface area contributed by atoms with Crippen molar-refractivity contribution >= 4 is 24.0 Å². The molecular formula is C15H19ClF2N2O2. The topological polar surface area (TPSA) is 64.3 Å². The van der Waals surface area contributed by atoms with Gasteiger partial charge in [0.15, 0.2) is 17.4 Å². The molecule has 2 bridgehead atoms. The Kier molecular flexibility index (Phi) is 4.92. The van der Waals surface area contributed by atoms with Gasteiger partial charge in [0, 0.05) is 18.2 Å². The van der Waals surface area contributed by atoms with Crippen molar-refractivity contribution < 1.29 is 18.3 Å². The molecule has 0 radical (unpaired) electrons. The molecule has 3 N–H and O–H groups in total. The smallest absolute Gasteiger partial charge is 0.229 e. The summed E-state index contributed by atoms with van der Waals surface area (Å²) >= 11 is 0. The molecule has 1 aromatic carbocycles. The van der Waals surface area contributed by atoms with Gasteiger partial charge in [0.1, 0.15) is 0 Å². The van der Waals surface area contributed by atoms with E-state index >= 15 is 0 Å². The van der Waals surface area contributed by atoms with Crippen LogP contribution in [-0.2, 0) is 4.79 Å². The van der Waals surface area contributed by atoms with Crippen LogP contribution in [0.2, 0.25) is 0 Å². The second-order valence-electron chi connectivity index (χ2n) is 5.89. The molecule has 22 heavy (non-hydrogen) atoms.